The predicted octanol–water partition coefficient (Wildman–Crippen LogP) is 3.96. The van der Waals surface area contributed by atoms with Gasteiger partial charge >= 0.3 is 0 Å². The molecule has 3 aromatic rings. The maximum atomic E-state index is 11.2. The zero-order valence-corrected chi connectivity index (χ0v) is 14.8. The van der Waals surface area contributed by atoms with E-state index < -0.39 is 6.10 Å². The second-order valence-electron chi connectivity index (χ2n) is 6.39. The van der Waals surface area contributed by atoms with Crippen LogP contribution in [0.1, 0.15) is 28.8 Å². The molecule has 0 saturated heterocycles. The molecule has 3 nitrogen and oxygen atoms in total. The third-order valence-corrected chi connectivity index (χ3v) is 4.59. The van der Waals surface area contributed by atoms with Gasteiger partial charge in [0, 0.05) is 13.1 Å². The van der Waals surface area contributed by atoms with Crippen molar-refractivity contribution < 1.29 is 10.2 Å². The van der Waals surface area contributed by atoms with Crippen molar-refractivity contribution in [3.63, 3.8) is 0 Å². The fourth-order valence-corrected chi connectivity index (χ4v) is 3.34. The van der Waals surface area contributed by atoms with Crippen molar-refractivity contribution in [3.8, 4) is 0 Å². The fourth-order valence-electron chi connectivity index (χ4n) is 3.34. The van der Waals surface area contributed by atoms with Crippen molar-refractivity contribution >= 4 is 0 Å². The summed E-state index contributed by atoms with van der Waals surface area (Å²) in [5.41, 5.74) is 3.06. The smallest absolute Gasteiger partial charge is 0.0986 e. The maximum Gasteiger partial charge on any atom is 0.0986 e. The summed E-state index contributed by atoms with van der Waals surface area (Å²) in [6.45, 7) is 1.18. The average molecular weight is 347 g/mol. The van der Waals surface area contributed by atoms with E-state index in [-0.39, 0.29) is 12.6 Å². The number of aliphatic hydroxyl groups is 2. The second-order valence-corrected chi connectivity index (χ2v) is 6.39. The van der Waals surface area contributed by atoms with Gasteiger partial charge in [-0.2, -0.15) is 0 Å². The molecule has 134 valence electrons. The molecule has 0 radical (unpaired) electrons. The summed E-state index contributed by atoms with van der Waals surface area (Å²) in [6.07, 6.45) is -0.686. The van der Waals surface area contributed by atoms with Crippen LogP contribution < -0.4 is 0 Å². The minimum Gasteiger partial charge on any atom is -0.395 e. The number of aliphatic hydroxyl groups excluding tert-OH is 2. The summed E-state index contributed by atoms with van der Waals surface area (Å²) in [5, 5.41) is 20.8. The minimum atomic E-state index is -0.686. The molecule has 3 aromatic carbocycles. The predicted molar refractivity (Wildman–Crippen MR) is 105 cm³/mol. The summed E-state index contributed by atoms with van der Waals surface area (Å²) in [4.78, 5) is 2.14. The van der Waals surface area contributed by atoms with Crippen molar-refractivity contribution in [3.05, 3.63) is 108 Å². The van der Waals surface area contributed by atoms with E-state index in [0.29, 0.717) is 13.1 Å². The van der Waals surface area contributed by atoms with E-state index in [1.54, 1.807) is 0 Å². The van der Waals surface area contributed by atoms with Gasteiger partial charge < -0.3 is 10.2 Å². The molecule has 0 bridgehead atoms. The van der Waals surface area contributed by atoms with Gasteiger partial charge in [-0.15, -0.1) is 0 Å². The average Bonchev–Trinajstić information content (AvgIpc) is 2.70. The van der Waals surface area contributed by atoms with E-state index in [2.05, 4.69) is 17.0 Å². The molecule has 0 amide bonds. The highest BCUT2D eigenvalue weighted by Gasteiger charge is 2.28. The van der Waals surface area contributed by atoms with E-state index in [1.807, 2.05) is 78.9 Å². The van der Waals surface area contributed by atoms with Crippen LogP contribution in [0, 0.1) is 0 Å². The molecule has 2 atom stereocenters. The number of hydrogen-bond donors (Lipinski definition) is 2. The van der Waals surface area contributed by atoms with Crippen molar-refractivity contribution in [2.75, 3.05) is 13.2 Å². The lowest BCUT2D eigenvalue weighted by atomic mass is 9.94. The molecular weight excluding hydrogens is 322 g/mol. The molecule has 2 N–H and O–H groups in total. The molecule has 0 aromatic heterocycles. The van der Waals surface area contributed by atoms with Gasteiger partial charge in [-0.1, -0.05) is 91.0 Å². The molecule has 0 aliphatic carbocycles. The third-order valence-electron chi connectivity index (χ3n) is 4.59. The highest BCUT2D eigenvalue weighted by molar-refractivity contribution is 5.27. The number of nitrogens with zero attached hydrogens (tertiary/aromatic N) is 1. The summed E-state index contributed by atoms with van der Waals surface area (Å²) < 4.78 is 0. The summed E-state index contributed by atoms with van der Waals surface area (Å²) in [5.74, 6) is 0. The van der Waals surface area contributed by atoms with Crippen LogP contribution in [0.15, 0.2) is 91.0 Å². The normalized spacial score (nSPS) is 13.5. The quantitative estimate of drug-likeness (QED) is 0.648. The molecule has 0 spiro atoms. The lowest BCUT2D eigenvalue weighted by Gasteiger charge is -2.35. The van der Waals surface area contributed by atoms with Crippen LogP contribution in [0.3, 0.4) is 0 Å². The molecule has 0 aliphatic heterocycles. The lowest BCUT2D eigenvalue weighted by Crippen LogP contribution is -2.34. The van der Waals surface area contributed by atoms with Crippen molar-refractivity contribution in [1.29, 1.82) is 0 Å². The monoisotopic (exact) mass is 347 g/mol. The van der Waals surface area contributed by atoms with Crippen LogP contribution in [0.5, 0.6) is 0 Å². The number of hydrogen-bond acceptors (Lipinski definition) is 3. The lowest BCUT2D eigenvalue weighted by molar-refractivity contribution is 0.0325. The van der Waals surface area contributed by atoms with Gasteiger partial charge in [0.05, 0.1) is 18.8 Å². The minimum absolute atomic E-state index is 0.0394. The van der Waals surface area contributed by atoms with E-state index in [9.17, 15) is 10.2 Å². The van der Waals surface area contributed by atoms with Gasteiger partial charge in [-0.3, -0.25) is 4.90 Å². The Labute approximate surface area is 155 Å². The molecular formula is C23H25NO2. The Kier molecular flexibility index (Phi) is 6.56. The van der Waals surface area contributed by atoms with Crippen molar-refractivity contribution in [2.45, 2.75) is 18.7 Å². The largest absolute Gasteiger partial charge is 0.395 e. The van der Waals surface area contributed by atoms with Gasteiger partial charge in [0.1, 0.15) is 0 Å². The van der Waals surface area contributed by atoms with E-state index >= 15 is 0 Å². The SMILES string of the molecule is OCCN(Cc1ccccc1)[C@@H](c1ccccc1)[C@@H](O)c1ccccc1. The van der Waals surface area contributed by atoms with Gasteiger partial charge in [0.25, 0.3) is 0 Å². The zero-order chi connectivity index (χ0) is 18.2. The van der Waals surface area contributed by atoms with Crippen LogP contribution in [-0.4, -0.2) is 28.3 Å². The van der Waals surface area contributed by atoms with Gasteiger partial charge in [0.15, 0.2) is 0 Å². The molecule has 26 heavy (non-hydrogen) atoms. The van der Waals surface area contributed by atoms with Crippen LogP contribution in [0.2, 0.25) is 0 Å². The molecule has 0 fully saturated rings. The Morgan fingerprint density at radius 3 is 1.73 bits per heavy atom. The summed E-state index contributed by atoms with van der Waals surface area (Å²) >= 11 is 0. The number of rotatable bonds is 8. The Hall–Kier alpha value is -2.46. The van der Waals surface area contributed by atoms with Crippen molar-refractivity contribution in [1.82, 2.24) is 4.90 Å². The van der Waals surface area contributed by atoms with E-state index in [4.69, 9.17) is 0 Å². The fraction of sp³-hybridized carbons (Fsp3) is 0.217. The Bertz CT molecular complexity index is 762. The summed E-state index contributed by atoms with van der Waals surface area (Å²) in [7, 11) is 0. The first-order valence-electron chi connectivity index (χ1n) is 8.96. The number of benzene rings is 3. The molecule has 0 saturated carbocycles. The Balaban J connectivity index is 1.96. The van der Waals surface area contributed by atoms with Gasteiger partial charge in [-0.25, -0.2) is 0 Å². The molecule has 3 heteroatoms. The standard InChI is InChI=1S/C23H25NO2/c25-17-16-24(18-19-10-4-1-5-11-19)22(20-12-6-2-7-13-20)23(26)21-14-8-3-9-15-21/h1-15,22-23,25-26H,16-18H2/t22-,23-/m0/s1. The van der Waals surface area contributed by atoms with Crippen LogP contribution >= 0.6 is 0 Å². The zero-order valence-electron chi connectivity index (χ0n) is 14.8. The molecule has 0 unspecified atom stereocenters. The van der Waals surface area contributed by atoms with Crippen LogP contribution in [0.4, 0.5) is 0 Å². The molecule has 0 heterocycles. The maximum absolute atomic E-state index is 11.2. The molecule has 3 rings (SSSR count). The van der Waals surface area contributed by atoms with E-state index in [0.717, 1.165) is 16.7 Å². The first kappa shape index (κ1) is 18.3. The summed E-state index contributed by atoms with van der Waals surface area (Å²) in [6, 6.07) is 29.6. The second kappa shape index (κ2) is 9.30. The molecule has 0 aliphatic rings. The first-order valence-corrected chi connectivity index (χ1v) is 8.96. The van der Waals surface area contributed by atoms with Crippen LogP contribution in [0.25, 0.3) is 0 Å². The Morgan fingerprint density at radius 1 is 0.692 bits per heavy atom. The highest BCUT2D eigenvalue weighted by atomic mass is 16.3. The van der Waals surface area contributed by atoms with E-state index in [1.165, 1.54) is 0 Å². The van der Waals surface area contributed by atoms with Gasteiger partial charge in [-0.05, 0) is 16.7 Å². The third kappa shape index (κ3) is 4.58. The van der Waals surface area contributed by atoms with Gasteiger partial charge in [0.2, 0.25) is 0 Å². The Morgan fingerprint density at radius 2 is 1.19 bits per heavy atom. The van der Waals surface area contributed by atoms with Crippen LogP contribution in [-0.2, 0) is 6.54 Å². The highest BCUT2D eigenvalue weighted by Crippen LogP contribution is 2.34. The van der Waals surface area contributed by atoms with Crippen molar-refractivity contribution in [2.24, 2.45) is 0 Å². The first-order chi connectivity index (χ1) is 12.8. The topological polar surface area (TPSA) is 43.7 Å².